The van der Waals surface area contributed by atoms with E-state index in [1.165, 1.54) is 20.3 Å². The second kappa shape index (κ2) is 22.6. The third-order valence-electron chi connectivity index (χ3n) is 12.0. The summed E-state index contributed by atoms with van der Waals surface area (Å²) in [6.45, 7) is 16.1. The molecular weight excluding hydrogens is 766 g/mol. The molecule has 336 valence electrons. The second-order valence-electron chi connectivity index (χ2n) is 16.8. The van der Waals surface area contributed by atoms with E-state index in [-0.39, 0.29) is 42.8 Å². The highest BCUT2D eigenvalue weighted by molar-refractivity contribution is 5.87. The average Bonchev–Trinajstić information content (AvgIpc) is 3.16. The third-order valence-corrected chi connectivity index (χ3v) is 12.0. The summed E-state index contributed by atoms with van der Waals surface area (Å²) in [4.78, 5) is 25.2. The summed E-state index contributed by atoms with van der Waals surface area (Å²) in [6, 6.07) is 0. The lowest BCUT2D eigenvalue weighted by Gasteiger charge is -2.49. The number of carbonyl (C=O) groups is 2. The van der Waals surface area contributed by atoms with Gasteiger partial charge in [0.1, 0.15) is 12.2 Å². The van der Waals surface area contributed by atoms with E-state index in [0.29, 0.717) is 12.0 Å². The zero-order valence-electron chi connectivity index (χ0n) is 36.6. The van der Waals surface area contributed by atoms with Gasteiger partial charge < -0.3 is 64.4 Å². The topological polar surface area (TPSA) is 226 Å². The highest BCUT2D eigenvalue weighted by Crippen LogP contribution is 2.42. The van der Waals surface area contributed by atoms with Gasteiger partial charge in [0.2, 0.25) is 5.76 Å². The van der Waals surface area contributed by atoms with Crippen LogP contribution >= 0.6 is 0 Å². The number of nitrogens with two attached hydrogens (primary N) is 1. The van der Waals surface area contributed by atoms with E-state index in [1.807, 2.05) is 40.7 Å². The van der Waals surface area contributed by atoms with Crippen LogP contribution in [-0.4, -0.2) is 125 Å². The van der Waals surface area contributed by atoms with Crippen molar-refractivity contribution < 1.29 is 68.3 Å². The van der Waals surface area contributed by atoms with Crippen LogP contribution < -0.4 is 5.73 Å². The number of carbonyl (C=O) groups excluding carboxylic acids is 2. The molecule has 0 aromatic rings. The first-order chi connectivity index (χ1) is 27.7. The number of rotatable bonds is 10. The van der Waals surface area contributed by atoms with Crippen LogP contribution in [0.2, 0.25) is 0 Å². The molecule has 3 aliphatic heterocycles. The Morgan fingerprint density at radius 1 is 1.05 bits per heavy atom. The zero-order chi connectivity index (χ0) is 44.4. The maximum Gasteiger partial charge on any atom is 0.404 e. The quantitative estimate of drug-likeness (QED) is 0.133. The van der Waals surface area contributed by atoms with E-state index in [1.54, 1.807) is 58.1 Å². The van der Waals surface area contributed by atoms with Gasteiger partial charge in [0.15, 0.2) is 18.2 Å². The van der Waals surface area contributed by atoms with Gasteiger partial charge in [-0.3, -0.25) is 0 Å². The molecule has 59 heavy (non-hydrogen) atoms. The SMILES string of the molecule is C/C=C/[C@H]1O[C@@](O)([C@@H](C)[C@H](O)[C@H](C)[C@H]2OC(=O)C(OC)=C/C(C)=C/[C@@H](C)[C@@H](O)C[C@@H](O)[C@H](C)C/C(C)=C/C=C/[C@@H]2OC)C[C@@H](O[C@H]2C[C@@H](O)[C@H](OC(N)=O)[C@@H](C)O2)[C@@H]1C. The number of allylic oxidation sites excluding steroid dienone is 6. The summed E-state index contributed by atoms with van der Waals surface area (Å²) in [7, 11) is 2.80. The molecule has 0 spiro atoms. The molecule has 17 atom stereocenters. The molecular formula is C44H71NO14. The maximum absolute atomic E-state index is 13.8. The predicted octanol–water partition coefficient (Wildman–Crippen LogP) is 4.35. The van der Waals surface area contributed by atoms with Gasteiger partial charge in [-0.15, -0.1) is 0 Å². The van der Waals surface area contributed by atoms with Gasteiger partial charge in [-0.25, -0.2) is 9.59 Å². The van der Waals surface area contributed by atoms with Gasteiger partial charge in [0.25, 0.3) is 0 Å². The number of hydrogen-bond donors (Lipinski definition) is 6. The Morgan fingerprint density at radius 2 is 1.73 bits per heavy atom. The van der Waals surface area contributed by atoms with Crippen molar-refractivity contribution in [2.45, 2.75) is 161 Å². The van der Waals surface area contributed by atoms with E-state index < -0.39 is 97.0 Å². The van der Waals surface area contributed by atoms with E-state index in [2.05, 4.69) is 0 Å². The van der Waals surface area contributed by atoms with Crippen molar-refractivity contribution in [2.75, 3.05) is 14.2 Å². The lowest BCUT2D eigenvalue weighted by molar-refractivity contribution is -0.338. The number of aliphatic hydroxyl groups is 5. The van der Waals surface area contributed by atoms with Crippen LogP contribution in [-0.2, 0) is 38.0 Å². The highest BCUT2D eigenvalue weighted by atomic mass is 16.7. The minimum atomic E-state index is -1.97. The molecule has 0 aliphatic carbocycles. The van der Waals surface area contributed by atoms with E-state index in [9.17, 15) is 35.1 Å². The molecule has 0 saturated carbocycles. The number of hydrogen-bond acceptors (Lipinski definition) is 14. The van der Waals surface area contributed by atoms with E-state index >= 15 is 0 Å². The molecule has 1 amide bonds. The van der Waals surface area contributed by atoms with Crippen LogP contribution in [0, 0.1) is 29.6 Å². The molecule has 15 nitrogen and oxygen atoms in total. The van der Waals surface area contributed by atoms with Crippen LogP contribution in [0.3, 0.4) is 0 Å². The Morgan fingerprint density at radius 3 is 2.32 bits per heavy atom. The van der Waals surface area contributed by atoms with Gasteiger partial charge >= 0.3 is 12.1 Å². The number of esters is 1. The smallest absolute Gasteiger partial charge is 0.404 e. The molecule has 0 bridgehead atoms. The summed E-state index contributed by atoms with van der Waals surface area (Å²) in [5.74, 6) is -5.57. The Balaban J connectivity index is 1.98. The lowest BCUT2D eigenvalue weighted by atomic mass is 9.77. The van der Waals surface area contributed by atoms with Crippen molar-refractivity contribution in [3.05, 3.63) is 59.4 Å². The molecule has 0 radical (unpaired) electrons. The van der Waals surface area contributed by atoms with Crippen LogP contribution in [0.5, 0.6) is 0 Å². The van der Waals surface area contributed by atoms with Crippen LogP contribution in [0.1, 0.15) is 88.0 Å². The monoisotopic (exact) mass is 837 g/mol. The molecule has 0 aromatic carbocycles. The minimum Gasteiger partial charge on any atom is -0.490 e. The summed E-state index contributed by atoms with van der Waals surface area (Å²) < 4.78 is 41.2. The Labute approximate surface area is 349 Å². The fourth-order valence-electron chi connectivity index (χ4n) is 8.17. The average molecular weight is 838 g/mol. The lowest BCUT2D eigenvalue weighted by Crippen LogP contribution is -2.59. The largest absolute Gasteiger partial charge is 0.490 e. The van der Waals surface area contributed by atoms with Gasteiger partial charge in [-0.2, -0.15) is 0 Å². The van der Waals surface area contributed by atoms with Crippen molar-refractivity contribution in [3.63, 3.8) is 0 Å². The predicted molar refractivity (Wildman–Crippen MR) is 219 cm³/mol. The van der Waals surface area contributed by atoms with Gasteiger partial charge in [-0.05, 0) is 46.1 Å². The number of aliphatic hydroxyl groups excluding tert-OH is 4. The van der Waals surface area contributed by atoms with Gasteiger partial charge in [0.05, 0.1) is 49.8 Å². The molecule has 0 unspecified atom stereocenters. The minimum absolute atomic E-state index is 0.0306. The third kappa shape index (κ3) is 13.7. The molecule has 7 N–H and O–H groups in total. The number of ether oxygens (including phenoxy) is 7. The molecule has 3 rings (SSSR count). The molecule has 15 heteroatoms. The van der Waals surface area contributed by atoms with E-state index in [0.717, 1.165) is 5.57 Å². The maximum atomic E-state index is 13.8. The second-order valence-corrected chi connectivity index (χ2v) is 16.8. The summed E-state index contributed by atoms with van der Waals surface area (Å²) in [6.07, 6.45) is 1.79. The summed E-state index contributed by atoms with van der Waals surface area (Å²) in [5.41, 5.74) is 6.77. The first kappa shape index (κ1) is 50.2. The van der Waals surface area contributed by atoms with Gasteiger partial charge in [0, 0.05) is 50.0 Å². The number of cyclic esters (lactones) is 1. The van der Waals surface area contributed by atoms with Crippen LogP contribution in [0.4, 0.5) is 4.79 Å². The Bertz CT molecular complexity index is 1520. The first-order valence-electron chi connectivity index (χ1n) is 20.7. The van der Waals surface area contributed by atoms with Crippen LogP contribution in [0.15, 0.2) is 59.4 Å². The van der Waals surface area contributed by atoms with Gasteiger partial charge in [-0.1, -0.05) is 82.2 Å². The van der Waals surface area contributed by atoms with Crippen molar-refractivity contribution in [1.82, 2.24) is 0 Å². The van der Waals surface area contributed by atoms with E-state index in [4.69, 9.17) is 38.9 Å². The van der Waals surface area contributed by atoms with Crippen molar-refractivity contribution in [3.8, 4) is 0 Å². The van der Waals surface area contributed by atoms with Crippen LogP contribution in [0.25, 0.3) is 0 Å². The van der Waals surface area contributed by atoms with Crippen molar-refractivity contribution >= 4 is 12.1 Å². The first-order valence-corrected chi connectivity index (χ1v) is 20.7. The summed E-state index contributed by atoms with van der Waals surface area (Å²) in [5, 5.41) is 57.0. The highest BCUT2D eigenvalue weighted by Gasteiger charge is 2.52. The molecule has 2 fully saturated rings. The molecule has 3 aliphatic rings. The van der Waals surface area contributed by atoms with Crippen molar-refractivity contribution in [2.24, 2.45) is 35.3 Å². The molecule has 3 heterocycles. The standard InChI is InChI=1S/C44H71NO14/c1-12-14-34-27(6)37(56-38-21-33(48)41(30(9)55-38)58-43(45)51)22-44(52,59-34)29(8)39(49)28(7)40-35(53-10)16-13-15-23(2)17-25(4)31(46)20-32(47)26(5)18-24(3)19-36(54-11)42(50)57-40/h12-16,18-19,25-35,37-41,46-49,52H,17,20-22H2,1-11H3,(H2,45,51)/b14-12+,16-13+,23-15+,24-18+,36-19?/t25-,26-,27-,28+,29+,30-,31-,32+,33-,34-,35+,37-,38+,39-,40-,41-,44-/m1/s1. The fourth-order valence-corrected chi connectivity index (χ4v) is 8.17. The molecule has 0 aromatic heterocycles. The summed E-state index contributed by atoms with van der Waals surface area (Å²) >= 11 is 0. The normalized spacial score (nSPS) is 41.1. The number of primary amides is 1. The zero-order valence-corrected chi connectivity index (χ0v) is 36.6. The fraction of sp³-hybridized carbons (Fsp3) is 0.727. The Kier molecular flexibility index (Phi) is 19.3. The number of methoxy groups -OCH3 is 2. The Hall–Kier alpha value is -3.12. The number of amides is 1. The van der Waals surface area contributed by atoms with Crippen molar-refractivity contribution in [1.29, 1.82) is 0 Å². The molecule has 2 saturated heterocycles.